The molecular weight excluding hydrogens is 330 g/mol. The highest BCUT2D eigenvalue weighted by atomic mass is 79.9. The fourth-order valence-corrected chi connectivity index (χ4v) is 2.89. The molecule has 19 heavy (non-hydrogen) atoms. The van der Waals surface area contributed by atoms with Crippen LogP contribution in [0.3, 0.4) is 0 Å². The lowest BCUT2D eigenvalue weighted by molar-refractivity contribution is 0.314. The maximum atomic E-state index is 12.1. The molecule has 0 aliphatic rings. The van der Waals surface area contributed by atoms with Crippen molar-refractivity contribution < 1.29 is 13.2 Å². The van der Waals surface area contributed by atoms with Gasteiger partial charge in [-0.25, -0.2) is 13.1 Å². The van der Waals surface area contributed by atoms with E-state index in [1.807, 2.05) is 13.8 Å². The average Bonchev–Trinajstić information content (AvgIpc) is 2.37. The fraction of sp³-hybridized carbons (Fsp3) is 0.538. The lowest BCUT2D eigenvalue weighted by Gasteiger charge is -2.10. The first-order valence-electron chi connectivity index (χ1n) is 6.43. The Morgan fingerprint density at radius 2 is 2.00 bits per heavy atom. The molecule has 0 heterocycles. The summed E-state index contributed by atoms with van der Waals surface area (Å²) >= 11 is 3.35. The summed E-state index contributed by atoms with van der Waals surface area (Å²) in [5.74, 6) is 0.556. The first-order chi connectivity index (χ1) is 9.01. The lowest BCUT2D eigenvalue weighted by Crippen LogP contribution is -2.24. The van der Waals surface area contributed by atoms with Gasteiger partial charge in [0.2, 0.25) is 10.0 Å². The third-order valence-electron chi connectivity index (χ3n) is 2.50. The number of hydrogen-bond donors (Lipinski definition) is 1. The van der Waals surface area contributed by atoms with E-state index in [1.54, 1.807) is 18.2 Å². The van der Waals surface area contributed by atoms with Gasteiger partial charge in [-0.15, -0.1) is 0 Å². The van der Waals surface area contributed by atoms with Crippen LogP contribution in [0.2, 0.25) is 0 Å². The first kappa shape index (κ1) is 16.5. The Hall–Kier alpha value is -0.590. The Kier molecular flexibility index (Phi) is 6.82. The van der Waals surface area contributed by atoms with Gasteiger partial charge in [0.15, 0.2) is 0 Å². The Morgan fingerprint density at radius 1 is 1.26 bits per heavy atom. The molecule has 0 atom stereocenters. The SMILES string of the molecule is CCCCNS(=O)(=O)c1ccc(Br)c(OCCC)c1. The Balaban J connectivity index is 2.88. The van der Waals surface area contributed by atoms with Crippen LogP contribution in [0.4, 0.5) is 0 Å². The molecule has 0 radical (unpaired) electrons. The summed E-state index contributed by atoms with van der Waals surface area (Å²) in [5, 5.41) is 0. The van der Waals surface area contributed by atoms with Crippen molar-refractivity contribution in [1.29, 1.82) is 0 Å². The number of benzene rings is 1. The summed E-state index contributed by atoms with van der Waals surface area (Å²) < 4.78 is 33.0. The Bertz CT molecular complexity index is 503. The van der Waals surface area contributed by atoms with Crippen LogP contribution in [0, 0.1) is 0 Å². The molecule has 0 aliphatic carbocycles. The fourth-order valence-electron chi connectivity index (χ4n) is 1.44. The van der Waals surface area contributed by atoms with E-state index in [0.717, 1.165) is 23.7 Å². The smallest absolute Gasteiger partial charge is 0.240 e. The van der Waals surface area contributed by atoms with Crippen LogP contribution in [0.25, 0.3) is 0 Å². The van der Waals surface area contributed by atoms with Gasteiger partial charge in [0.05, 0.1) is 16.0 Å². The molecule has 0 amide bonds. The highest BCUT2D eigenvalue weighted by molar-refractivity contribution is 9.10. The van der Waals surface area contributed by atoms with Crippen molar-refractivity contribution in [3.8, 4) is 5.75 Å². The van der Waals surface area contributed by atoms with Gasteiger partial charge in [-0.3, -0.25) is 0 Å². The van der Waals surface area contributed by atoms with E-state index < -0.39 is 10.0 Å². The topological polar surface area (TPSA) is 55.4 Å². The van der Waals surface area contributed by atoms with E-state index in [2.05, 4.69) is 20.7 Å². The van der Waals surface area contributed by atoms with Crippen LogP contribution in [0.15, 0.2) is 27.6 Å². The van der Waals surface area contributed by atoms with Gasteiger partial charge in [-0.1, -0.05) is 20.3 Å². The van der Waals surface area contributed by atoms with Gasteiger partial charge in [-0.2, -0.15) is 0 Å². The summed E-state index contributed by atoms with van der Waals surface area (Å²) in [6, 6.07) is 4.81. The van der Waals surface area contributed by atoms with Crippen molar-refractivity contribution >= 4 is 26.0 Å². The molecule has 1 N–H and O–H groups in total. The molecule has 0 bridgehead atoms. The van der Waals surface area contributed by atoms with Gasteiger partial charge in [0.1, 0.15) is 5.75 Å². The second-order valence-electron chi connectivity index (χ2n) is 4.19. The van der Waals surface area contributed by atoms with Crippen molar-refractivity contribution in [3.63, 3.8) is 0 Å². The van der Waals surface area contributed by atoms with Crippen molar-refractivity contribution in [3.05, 3.63) is 22.7 Å². The van der Waals surface area contributed by atoms with Crippen LogP contribution < -0.4 is 9.46 Å². The molecule has 1 aromatic carbocycles. The molecule has 1 rings (SSSR count). The zero-order valence-electron chi connectivity index (χ0n) is 11.3. The molecule has 0 spiro atoms. The molecule has 6 heteroatoms. The monoisotopic (exact) mass is 349 g/mol. The number of nitrogens with one attached hydrogen (secondary N) is 1. The molecular formula is C13H20BrNO3S. The largest absolute Gasteiger partial charge is 0.492 e. The number of halogens is 1. The third-order valence-corrected chi connectivity index (χ3v) is 4.61. The quantitative estimate of drug-likeness (QED) is 0.732. The zero-order chi connectivity index (χ0) is 14.3. The second-order valence-corrected chi connectivity index (χ2v) is 6.81. The van der Waals surface area contributed by atoms with Gasteiger partial charge in [0, 0.05) is 12.6 Å². The number of unbranched alkanes of at least 4 members (excludes halogenated alkanes) is 1. The standard InChI is InChI=1S/C13H20BrNO3S/c1-3-5-8-15-19(16,17)11-6-7-12(14)13(10-11)18-9-4-2/h6-7,10,15H,3-5,8-9H2,1-2H3. The van der Waals surface area contributed by atoms with Gasteiger partial charge < -0.3 is 4.74 Å². The number of rotatable bonds is 8. The highest BCUT2D eigenvalue weighted by Gasteiger charge is 2.15. The van der Waals surface area contributed by atoms with Crippen LogP contribution in [0.1, 0.15) is 33.1 Å². The lowest BCUT2D eigenvalue weighted by atomic mass is 10.3. The van der Waals surface area contributed by atoms with E-state index in [0.29, 0.717) is 18.9 Å². The zero-order valence-corrected chi connectivity index (χ0v) is 13.7. The highest BCUT2D eigenvalue weighted by Crippen LogP contribution is 2.28. The van der Waals surface area contributed by atoms with Crippen LogP contribution in [-0.4, -0.2) is 21.6 Å². The number of hydrogen-bond acceptors (Lipinski definition) is 3. The van der Waals surface area contributed by atoms with Gasteiger partial charge >= 0.3 is 0 Å². The normalized spacial score (nSPS) is 11.5. The summed E-state index contributed by atoms with van der Waals surface area (Å²) in [6.45, 7) is 5.04. The van der Waals surface area contributed by atoms with Crippen LogP contribution in [0.5, 0.6) is 5.75 Å². The van der Waals surface area contributed by atoms with Crippen molar-refractivity contribution in [1.82, 2.24) is 4.72 Å². The van der Waals surface area contributed by atoms with E-state index in [4.69, 9.17) is 4.74 Å². The molecule has 0 fully saturated rings. The minimum absolute atomic E-state index is 0.234. The van der Waals surface area contributed by atoms with Crippen LogP contribution in [-0.2, 0) is 10.0 Å². The summed E-state index contributed by atoms with van der Waals surface area (Å²) in [4.78, 5) is 0.234. The second kappa shape index (κ2) is 7.87. The van der Waals surface area contributed by atoms with E-state index >= 15 is 0 Å². The molecule has 4 nitrogen and oxygen atoms in total. The third kappa shape index (κ3) is 5.12. The molecule has 0 aliphatic heterocycles. The molecule has 0 aromatic heterocycles. The number of ether oxygens (including phenoxy) is 1. The minimum atomic E-state index is -3.45. The molecule has 0 unspecified atom stereocenters. The summed E-state index contributed by atoms with van der Waals surface area (Å²) in [7, 11) is -3.45. The summed E-state index contributed by atoms with van der Waals surface area (Å²) in [5.41, 5.74) is 0. The van der Waals surface area contributed by atoms with Crippen molar-refractivity contribution in [2.45, 2.75) is 38.0 Å². The molecule has 1 aromatic rings. The maximum Gasteiger partial charge on any atom is 0.240 e. The van der Waals surface area contributed by atoms with E-state index in [9.17, 15) is 8.42 Å². The molecule has 108 valence electrons. The molecule has 0 saturated carbocycles. The number of sulfonamides is 1. The Labute approximate surface area is 123 Å². The average molecular weight is 350 g/mol. The predicted molar refractivity (Wildman–Crippen MR) is 80.0 cm³/mol. The van der Waals surface area contributed by atoms with Crippen molar-refractivity contribution in [2.24, 2.45) is 0 Å². The summed E-state index contributed by atoms with van der Waals surface area (Å²) in [6.07, 6.45) is 2.65. The van der Waals surface area contributed by atoms with Gasteiger partial charge in [0.25, 0.3) is 0 Å². The van der Waals surface area contributed by atoms with Crippen LogP contribution >= 0.6 is 15.9 Å². The van der Waals surface area contributed by atoms with Gasteiger partial charge in [-0.05, 0) is 40.9 Å². The first-order valence-corrected chi connectivity index (χ1v) is 8.71. The minimum Gasteiger partial charge on any atom is -0.492 e. The van der Waals surface area contributed by atoms with E-state index in [1.165, 1.54) is 0 Å². The Morgan fingerprint density at radius 3 is 2.63 bits per heavy atom. The predicted octanol–water partition coefficient (Wildman–Crippen LogP) is 3.32. The maximum absolute atomic E-state index is 12.1. The molecule has 0 saturated heterocycles. The van der Waals surface area contributed by atoms with Crippen molar-refractivity contribution in [2.75, 3.05) is 13.2 Å². The van der Waals surface area contributed by atoms with E-state index in [-0.39, 0.29) is 4.90 Å².